The van der Waals surface area contributed by atoms with Crippen molar-refractivity contribution in [3.8, 4) is 0 Å². The number of alkyl halides is 3. The van der Waals surface area contributed by atoms with E-state index in [1.54, 1.807) is 0 Å². The van der Waals surface area contributed by atoms with Gasteiger partial charge in [-0.25, -0.2) is 4.98 Å². The van der Waals surface area contributed by atoms with Crippen molar-refractivity contribution < 1.29 is 13.2 Å². The Labute approximate surface area is 143 Å². The second-order valence-electron chi connectivity index (χ2n) is 6.02. The van der Waals surface area contributed by atoms with E-state index >= 15 is 0 Å². The Kier molecular flexibility index (Phi) is 4.65. The van der Waals surface area contributed by atoms with E-state index in [-0.39, 0.29) is 0 Å². The monoisotopic (exact) mass is 352 g/mol. The van der Waals surface area contributed by atoms with Gasteiger partial charge in [-0.05, 0) is 24.3 Å². The summed E-state index contributed by atoms with van der Waals surface area (Å²) in [5.74, 6) is 1.89. The molecule has 134 valence electrons. The molecule has 1 aliphatic heterocycles. The first-order chi connectivity index (χ1) is 11.8. The summed E-state index contributed by atoms with van der Waals surface area (Å²) in [5.41, 5.74) is -0.676. The lowest BCUT2D eigenvalue weighted by molar-refractivity contribution is -0.137. The molecule has 0 amide bonds. The fourth-order valence-corrected chi connectivity index (χ4v) is 2.66. The van der Waals surface area contributed by atoms with Crippen LogP contribution in [-0.4, -0.2) is 55.5 Å². The number of hydrogen-bond donors (Lipinski definition) is 0. The molecule has 0 bridgehead atoms. The first-order valence-electron chi connectivity index (χ1n) is 7.89. The zero-order valence-corrected chi connectivity index (χ0v) is 14.0. The summed E-state index contributed by atoms with van der Waals surface area (Å²) >= 11 is 0. The lowest BCUT2D eigenvalue weighted by Crippen LogP contribution is -2.47. The Morgan fingerprint density at radius 1 is 0.920 bits per heavy atom. The molecule has 6 nitrogen and oxygen atoms in total. The molecular weight excluding hydrogens is 333 g/mol. The third-order valence-electron chi connectivity index (χ3n) is 4.10. The minimum absolute atomic E-state index is 0.350. The van der Waals surface area contributed by atoms with Crippen molar-refractivity contribution in [3.05, 3.63) is 36.0 Å². The van der Waals surface area contributed by atoms with Crippen LogP contribution < -0.4 is 14.7 Å². The molecule has 2 aromatic rings. The van der Waals surface area contributed by atoms with Crippen molar-refractivity contribution in [1.82, 2.24) is 15.2 Å². The first-order valence-corrected chi connectivity index (χ1v) is 7.89. The van der Waals surface area contributed by atoms with E-state index < -0.39 is 11.7 Å². The van der Waals surface area contributed by atoms with Gasteiger partial charge in [0, 0.05) is 46.5 Å². The number of hydrogen-bond acceptors (Lipinski definition) is 6. The number of nitrogens with zero attached hydrogens (tertiary/aromatic N) is 6. The van der Waals surface area contributed by atoms with Gasteiger partial charge in [-0.3, -0.25) is 0 Å². The topological polar surface area (TPSA) is 48.4 Å². The fourth-order valence-electron chi connectivity index (χ4n) is 2.66. The van der Waals surface area contributed by atoms with Crippen LogP contribution in [0.25, 0.3) is 0 Å². The zero-order chi connectivity index (χ0) is 18.0. The van der Waals surface area contributed by atoms with E-state index in [0.717, 1.165) is 23.8 Å². The van der Waals surface area contributed by atoms with Crippen LogP contribution in [0.3, 0.4) is 0 Å². The molecule has 0 aromatic carbocycles. The van der Waals surface area contributed by atoms with E-state index in [0.29, 0.717) is 32.0 Å². The minimum Gasteiger partial charge on any atom is -0.361 e. The van der Waals surface area contributed by atoms with Crippen LogP contribution in [0.1, 0.15) is 5.56 Å². The summed E-state index contributed by atoms with van der Waals surface area (Å²) in [6, 6.07) is 5.88. The molecule has 25 heavy (non-hydrogen) atoms. The van der Waals surface area contributed by atoms with Gasteiger partial charge in [-0.15, -0.1) is 10.2 Å². The second-order valence-corrected chi connectivity index (χ2v) is 6.02. The lowest BCUT2D eigenvalue weighted by atomic mass is 10.2. The maximum atomic E-state index is 12.8. The van der Waals surface area contributed by atoms with E-state index in [4.69, 9.17) is 0 Å². The van der Waals surface area contributed by atoms with Gasteiger partial charge in [0.15, 0.2) is 11.6 Å². The first kappa shape index (κ1) is 17.2. The van der Waals surface area contributed by atoms with Crippen LogP contribution in [0, 0.1) is 0 Å². The van der Waals surface area contributed by atoms with Crippen molar-refractivity contribution in [3.63, 3.8) is 0 Å². The SMILES string of the molecule is CN(C)c1ccc(N2CCN(c3cc(C(F)(F)F)ccn3)CC2)nn1. The summed E-state index contributed by atoms with van der Waals surface area (Å²) in [7, 11) is 3.79. The smallest absolute Gasteiger partial charge is 0.361 e. The van der Waals surface area contributed by atoms with E-state index in [1.807, 2.05) is 36.0 Å². The molecule has 9 heteroatoms. The van der Waals surface area contributed by atoms with Gasteiger partial charge in [-0.2, -0.15) is 13.2 Å². The van der Waals surface area contributed by atoms with E-state index in [2.05, 4.69) is 20.1 Å². The summed E-state index contributed by atoms with van der Waals surface area (Å²) in [5, 5.41) is 8.37. The average Bonchev–Trinajstić information content (AvgIpc) is 2.61. The standard InChI is InChI=1S/C16H19F3N6/c1-23(2)13-3-4-14(22-21-13)24-7-9-25(10-8-24)15-11-12(5-6-20-15)16(17,18)19/h3-6,11H,7-10H2,1-2H3. The second kappa shape index (κ2) is 6.73. The summed E-state index contributed by atoms with van der Waals surface area (Å²) in [6.07, 6.45) is -3.15. The minimum atomic E-state index is -4.36. The summed E-state index contributed by atoms with van der Waals surface area (Å²) in [4.78, 5) is 9.87. The maximum Gasteiger partial charge on any atom is 0.416 e. The van der Waals surface area contributed by atoms with Gasteiger partial charge < -0.3 is 14.7 Å². The van der Waals surface area contributed by atoms with Crippen molar-refractivity contribution in [1.29, 1.82) is 0 Å². The highest BCUT2D eigenvalue weighted by molar-refractivity contribution is 5.48. The number of aromatic nitrogens is 3. The van der Waals surface area contributed by atoms with Gasteiger partial charge in [0.05, 0.1) is 5.56 Å². The lowest BCUT2D eigenvalue weighted by Gasteiger charge is -2.36. The maximum absolute atomic E-state index is 12.8. The molecule has 2 aromatic heterocycles. The van der Waals surface area contributed by atoms with Crippen LogP contribution in [0.4, 0.5) is 30.6 Å². The summed E-state index contributed by atoms with van der Waals surface area (Å²) in [6.45, 7) is 2.44. The molecule has 0 saturated carbocycles. The largest absolute Gasteiger partial charge is 0.416 e. The van der Waals surface area contributed by atoms with Crippen LogP contribution in [0.15, 0.2) is 30.5 Å². The molecule has 0 spiro atoms. The Hall–Kier alpha value is -2.58. The van der Waals surface area contributed by atoms with Crippen LogP contribution in [-0.2, 0) is 6.18 Å². The number of piperazine rings is 1. The van der Waals surface area contributed by atoms with Crippen molar-refractivity contribution in [2.24, 2.45) is 0 Å². The number of pyridine rings is 1. The van der Waals surface area contributed by atoms with Crippen molar-refractivity contribution >= 4 is 17.5 Å². The quantitative estimate of drug-likeness (QED) is 0.845. The Morgan fingerprint density at radius 2 is 1.56 bits per heavy atom. The molecule has 1 saturated heterocycles. The average molecular weight is 352 g/mol. The highest BCUT2D eigenvalue weighted by Gasteiger charge is 2.31. The molecule has 0 atom stereocenters. The van der Waals surface area contributed by atoms with Crippen molar-refractivity contribution in [2.45, 2.75) is 6.18 Å². The van der Waals surface area contributed by atoms with Gasteiger partial charge in [0.1, 0.15) is 5.82 Å². The molecule has 1 aliphatic rings. The zero-order valence-electron chi connectivity index (χ0n) is 14.0. The van der Waals surface area contributed by atoms with Crippen LogP contribution >= 0.6 is 0 Å². The predicted molar refractivity (Wildman–Crippen MR) is 90.0 cm³/mol. The van der Waals surface area contributed by atoms with E-state index in [1.165, 1.54) is 6.20 Å². The van der Waals surface area contributed by atoms with Crippen LogP contribution in [0.5, 0.6) is 0 Å². The third-order valence-corrected chi connectivity index (χ3v) is 4.10. The normalized spacial score (nSPS) is 15.4. The molecule has 0 aliphatic carbocycles. The van der Waals surface area contributed by atoms with Gasteiger partial charge in [0.2, 0.25) is 0 Å². The molecule has 1 fully saturated rings. The molecule has 0 N–H and O–H groups in total. The highest BCUT2D eigenvalue weighted by atomic mass is 19.4. The Bertz CT molecular complexity index is 709. The number of rotatable bonds is 3. The van der Waals surface area contributed by atoms with Crippen molar-refractivity contribution in [2.75, 3.05) is 55.0 Å². The summed E-state index contributed by atoms with van der Waals surface area (Å²) < 4.78 is 38.5. The third kappa shape index (κ3) is 3.92. The molecule has 0 radical (unpaired) electrons. The van der Waals surface area contributed by atoms with Gasteiger partial charge in [0.25, 0.3) is 0 Å². The fraction of sp³-hybridized carbons (Fsp3) is 0.438. The molecule has 3 rings (SSSR count). The van der Waals surface area contributed by atoms with Crippen LogP contribution in [0.2, 0.25) is 0 Å². The number of halogens is 3. The van der Waals surface area contributed by atoms with Gasteiger partial charge >= 0.3 is 6.18 Å². The molecule has 3 heterocycles. The Morgan fingerprint density at radius 3 is 2.08 bits per heavy atom. The highest BCUT2D eigenvalue weighted by Crippen LogP contribution is 2.31. The molecule has 0 unspecified atom stereocenters. The van der Waals surface area contributed by atoms with Gasteiger partial charge in [-0.1, -0.05) is 0 Å². The molecular formula is C16H19F3N6. The number of anilines is 3. The predicted octanol–water partition coefficient (Wildman–Crippen LogP) is 2.28. The van der Waals surface area contributed by atoms with E-state index in [9.17, 15) is 13.2 Å². The Balaban J connectivity index is 1.66.